The molecule has 8 nitrogen and oxygen atoms in total. The van der Waals surface area contributed by atoms with Crippen molar-refractivity contribution >= 4 is 17.6 Å². The smallest absolute Gasteiger partial charge is 0.322 e. The number of carbonyl (C=O) groups is 2. The Bertz CT molecular complexity index is 1130. The van der Waals surface area contributed by atoms with Gasteiger partial charge in [-0.25, -0.2) is 4.79 Å². The maximum absolute atomic E-state index is 13.5. The summed E-state index contributed by atoms with van der Waals surface area (Å²) in [5, 5.41) is 2.87. The average molecular weight is 479 g/mol. The molecule has 0 unspecified atom stereocenters. The van der Waals surface area contributed by atoms with E-state index in [9.17, 15) is 9.59 Å². The number of benzene rings is 2. The van der Waals surface area contributed by atoms with E-state index in [-0.39, 0.29) is 24.5 Å². The summed E-state index contributed by atoms with van der Waals surface area (Å²) < 4.78 is 12.6. The van der Waals surface area contributed by atoms with Crippen LogP contribution in [-0.4, -0.2) is 53.1 Å². The van der Waals surface area contributed by atoms with Crippen molar-refractivity contribution in [2.75, 3.05) is 26.1 Å². The SMILES string of the molecule is COc1ccc(NC(=O)N(CC(=O)N(Cc2ccccc2)Cc2cccn2C)C(C)C)c(OC)c1. The Labute approximate surface area is 207 Å². The van der Waals surface area contributed by atoms with Gasteiger partial charge in [0.25, 0.3) is 0 Å². The Morgan fingerprint density at radius 2 is 1.71 bits per heavy atom. The lowest BCUT2D eigenvalue weighted by Crippen LogP contribution is -2.47. The number of hydrogen-bond donors (Lipinski definition) is 1. The largest absolute Gasteiger partial charge is 0.497 e. The number of amides is 3. The van der Waals surface area contributed by atoms with Crippen molar-refractivity contribution in [2.45, 2.75) is 33.0 Å². The predicted molar refractivity (Wildman–Crippen MR) is 137 cm³/mol. The van der Waals surface area contributed by atoms with Gasteiger partial charge in [-0.3, -0.25) is 4.79 Å². The molecule has 3 amide bonds. The summed E-state index contributed by atoms with van der Waals surface area (Å²) in [5.41, 5.74) is 2.54. The van der Waals surface area contributed by atoms with Crippen LogP contribution >= 0.6 is 0 Å². The van der Waals surface area contributed by atoms with Gasteiger partial charge in [-0.15, -0.1) is 0 Å². The minimum absolute atomic E-state index is 0.0563. The highest BCUT2D eigenvalue weighted by molar-refractivity contribution is 5.94. The van der Waals surface area contributed by atoms with E-state index in [1.165, 1.54) is 12.0 Å². The van der Waals surface area contributed by atoms with Crippen molar-refractivity contribution in [3.8, 4) is 11.5 Å². The number of rotatable bonds is 10. The molecule has 1 N–H and O–H groups in total. The minimum Gasteiger partial charge on any atom is -0.497 e. The first kappa shape index (κ1) is 25.7. The zero-order valence-electron chi connectivity index (χ0n) is 21.0. The van der Waals surface area contributed by atoms with Gasteiger partial charge in [0.2, 0.25) is 5.91 Å². The highest BCUT2D eigenvalue weighted by atomic mass is 16.5. The van der Waals surface area contributed by atoms with Crippen LogP contribution in [0.2, 0.25) is 0 Å². The van der Waals surface area contributed by atoms with Gasteiger partial charge in [0.05, 0.1) is 26.5 Å². The van der Waals surface area contributed by atoms with Crippen molar-refractivity contribution in [2.24, 2.45) is 7.05 Å². The van der Waals surface area contributed by atoms with E-state index in [2.05, 4.69) is 5.32 Å². The third-order valence-corrected chi connectivity index (χ3v) is 5.81. The Balaban J connectivity index is 1.78. The molecule has 0 radical (unpaired) electrons. The Kier molecular flexibility index (Phi) is 8.78. The molecule has 35 heavy (non-hydrogen) atoms. The molecule has 0 bridgehead atoms. The van der Waals surface area contributed by atoms with E-state index in [1.807, 2.05) is 74.1 Å². The highest BCUT2D eigenvalue weighted by Crippen LogP contribution is 2.29. The molecule has 1 heterocycles. The Morgan fingerprint density at radius 1 is 0.971 bits per heavy atom. The van der Waals surface area contributed by atoms with E-state index in [0.717, 1.165) is 11.3 Å². The number of methoxy groups -OCH3 is 2. The predicted octanol–water partition coefficient (Wildman–Crippen LogP) is 4.51. The normalized spacial score (nSPS) is 10.7. The van der Waals surface area contributed by atoms with Gasteiger partial charge in [-0.2, -0.15) is 0 Å². The van der Waals surface area contributed by atoms with Gasteiger partial charge in [0.1, 0.15) is 18.0 Å². The number of nitrogens with one attached hydrogen (secondary N) is 1. The molecule has 0 aliphatic rings. The van der Waals surface area contributed by atoms with Crippen LogP contribution < -0.4 is 14.8 Å². The zero-order chi connectivity index (χ0) is 25.4. The quantitative estimate of drug-likeness (QED) is 0.465. The molecular weight excluding hydrogens is 444 g/mol. The van der Waals surface area contributed by atoms with Crippen LogP contribution in [0.1, 0.15) is 25.1 Å². The summed E-state index contributed by atoms with van der Waals surface area (Å²) in [6.07, 6.45) is 1.95. The molecule has 0 atom stereocenters. The molecule has 3 rings (SSSR count). The van der Waals surface area contributed by atoms with Crippen LogP contribution in [-0.2, 0) is 24.9 Å². The summed E-state index contributed by atoms with van der Waals surface area (Å²) >= 11 is 0. The summed E-state index contributed by atoms with van der Waals surface area (Å²) in [5.74, 6) is 0.954. The van der Waals surface area contributed by atoms with Crippen molar-refractivity contribution in [1.82, 2.24) is 14.4 Å². The first-order valence-electron chi connectivity index (χ1n) is 11.5. The lowest BCUT2D eigenvalue weighted by atomic mass is 10.2. The third-order valence-electron chi connectivity index (χ3n) is 5.81. The second kappa shape index (κ2) is 12.0. The monoisotopic (exact) mass is 478 g/mol. The fourth-order valence-electron chi connectivity index (χ4n) is 3.72. The van der Waals surface area contributed by atoms with Crippen molar-refractivity contribution in [3.05, 3.63) is 78.1 Å². The third kappa shape index (κ3) is 6.79. The zero-order valence-corrected chi connectivity index (χ0v) is 21.0. The van der Waals surface area contributed by atoms with Gasteiger partial charge in [-0.05, 0) is 43.7 Å². The second-order valence-corrected chi connectivity index (χ2v) is 8.56. The molecular formula is C27H34N4O4. The van der Waals surface area contributed by atoms with Gasteiger partial charge < -0.3 is 29.2 Å². The maximum atomic E-state index is 13.5. The van der Waals surface area contributed by atoms with Crippen LogP contribution in [0.4, 0.5) is 10.5 Å². The number of nitrogens with zero attached hydrogens (tertiary/aromatic N) is 3. The fourth-order valence-corrected chi connectivity index (χ4v) is 3.72. The number of aryl methyl sites for hydroxylation is 1. The van der Waals surface area contributed by atoms with Gasteiger partial charge >= 0.3 is 6.03 Å². The molecule has 3 aromatic rings. The summed E-state index contributed by atoms with van der Waals surface area (Å²) in [7, 11) is 5.05. The highest BCUT2D eigenvalue weighted by Gasteiger charge is 2.25. The lowest BCUT2D eigenvalue weighted by molar-refractivity contribution is -0.133. The molecule has 0 aliphatic heterocycles. The maximum Gasteiger partial charge on any atom is 0.322 e. The fraction of sp³-hybridized carbons (Fsp3) is 0.333. The molecule has 186 valence electrons. The number of carbonyl (C=O) groups excluding carboxylic acids is 2. The van der Waals surface area contributed by atoms with Crippen LogP contribution in [0.3, 0.4) is 0 Å². The summed E-state index contributed by atoms with van der Waals surface area (Å²) in [4.78, 5) is 30.0. The molecule has 0 saturated heterocycles. The van der Waals surface area contributed by atoms with Crippen LogP contribution in [0.15, 0.2) is 66.9 Å². The number of urea groups is 1. The van der Waals surface area contributed by atoms with Crippen LogP contribution in [0.5, 0.6) is 11.5 Å². The number of ether oxygens (including phenoxy) is 2. The Morgan fingerprint density at radius 3 is 2.31 bits per heavy atom. The van der Waals surface area contributed by atoms with Crippen LogP contribution in [0.25, 0.3) is 0 Å². The van der Waals surface area contributed by atoms with E-state index in [0.29, 0.717) is 30.3 Å². The standard InChI is InChI=1S/C27H34N4O4/c1-20(2)31(27(33)28-24-14-13-23(34-4)16-25(24)35-5)19-26(32)30(17-21-10-7-6-8-11-21)18-22-12-9-15-29(22)3/h6-16,20H,17-19H2,1-5H3,(H,28,33). The molecule has 1 aromatic heterocycles. The van der Waals surface area contributed by atoms with Gasteiger partial charge in [-0.1, -0.05) is 30.3 Å². The topological polar surface area (TPSA) is 76.0 Å². The number of anilines is 1. The first-order chi connectivity index (χ1) is 16.8. The Hall–Kier alpha value is -3.94. The van der Waals surface area contributed by atoms with Crippen molar-refractivity contribution in [3.63, 3.8) is 0 Å². The van der Waals surface area contributed by atoms with E-state index in [4.69, 9.17) is 9.47 Å². The first-order valence-corrected chi connectivity index (χ1v) is 11.5. The summed E-state index contributed by atoms with van der Waals surface area (Å²) in [6.45, 7) is 4.61. The molecule has 0 aliphatic carbocycles. The molecule has 0 fully saturated rings. The van der Waals surface area contributed by atoms with E-state index < -0.39 is 0 Å². The van der Waals surface area contributed by atoms with Gasteiger partial charge in [0, 0.05) is 37.6 Å². The minimum atomic E-state index is -0.379. The van der Waals surface area contributed by atoms with Crippen LogP contribution in [0, 0.1) is 0 Å². The molecule has 0 saturated carbocycles. The van der Waals surface area contributed by atoms with Crippen molar-refractivity contribution in [1.29, 1.82) is 0 Å². The number of hydrogen-bond acceptors (Lipinski definition) is 4. The molecule has 8 heteroatoms. The van der Waals surface area contributed by atoms with E-state index >= 15 is 0 Å². The lowest BCUT2D eigenvalue weighted by Gasteiger charge is -2.30. The average Bonchev–Trinajstić information content (AvgIpc) is 3.26. The number of aromatic nitrogens is 1. The molecule has 0 spiro atoms. The van der Waals surface area contributed by atoms with Crippen molar-refractivity contribution < 1.29 is 19.1 Å². The van der Waals surface area contributed by atoms with Gasteiger partial charge in [0.15, 0.2) is 0 Å². The molecule has 2 aromatic carbocycles. The second-order valence-electron chi connectivity index (χ2n) is 8.56. The van der Waals surface area contributed by atoms with E-state index in [1.54, 1.807) is 30.2 Å². The summed E-state index contributed by atoms with van der Waals surface area (Å²) in [6, 6.07) is 18.4.